The molecule has 2 fully saturated rings. The average molecular weight is 460 g/mol. The number of para-hydroxylation sites is 1. The van der Waals surface area contributed by atoms with Crippen molar-refractivity contribution < 1.29 is 14.3 Å². The number of hydrogen-bond acceptors (Lipinski definition) is 4. The Morgan fingerprint density at radius 1 is 1.03 bits per heavy atom. The molecular weight excluding hydrogens is 426 g/mol. The van der Waals surface area contributed by atoms with Gasteiger partial charge in [0, 0.05) is 31.7 Å². The maximum Gasteiger partial charge on any atom is 0.226 e. The Balaban J connectivity index is 1.52. The van der Waals surface area contributed by atoms with Crippen molar-refractivity contribution in [2.24, 2.45) is 13.0 Å². The van der Waals surface area contributed by atoms with Crippen LogP contribution < -0.4 is 4.74 Å². The molecule has 0 N–H and O–H groups in total. The van der Waals surface area contributed by atoms with Crippen molar-refractivity contribution in [3.8, 4) is 22.9 Å². The molecule has 34 heavy (non-hydrogen) atoms. The van der Waals surface area contributed by atoms with E-state index < -0.39 is 0 Å². The molecule has 1 aromatic heterocycles. The molecular formula is C28H33N3O3. The van der Waals surface area contributed by atoms with Gasteiger partial charge in [0.1, 0.15) is 11.4 Å². The predicted molar refractivity (Wildman–Crippen MR) is 132 cm³/mol. The Kier molecular flexibility index (Phi) is 6.95. The fourth-order valence-corrected chi connectivity index (χ4v) is 5.14. The van der Waals surface area contributed by atoms with Gasteiger partial charge in [-0.15, -0.1) is 0 Å². The molecule has 2 aromatic carbocycles. The Morgan fingerprint density at radius 2 is 1.74 bits per heavy atom. The third kappa shape index (κ3) is 5.02. The first kappa shape index (κ1) is 22.7. The number of hydrogen-bond donors (Lipinski definition) is 0. The summed E-state index contributed by atoms with van der Waals surface area (Å²) in [5, 5.41) is 4.84. The first-order valence-corrected chi connectivity index (χ1v) is 12.4. The van der Waals surface area contributed by atoms with Crippen LogP contribution in [0.5, 0.6) is 11.6 Å². The van der Waals surface area contributed by atoms with Crippen LogP contribution in [0.25, 0.3) is 11.3 Å². The summed E-state index contributed by atoms with van der Waals surface area (Å²) < 4.78 is 14.1. The third-order valence-corrected chi connectivity index (χ3v) is 6.91. The normalized spacial score (nSPS) is 18.3. The van der Waals surface area contributed by atoms with Crippen LogP contribution in [0.2, 0.25) is 0 Å². The van der Waals surface area contributed by atoms with Gasteiger partial charge in [-0.1, -0.05) is 61.4 Å². The van der Waals surface area contributed by atoms with E-state index in [-0.39, 0.29) is 17.9 Å². The minimum Gasteiger partial charge on any atom is -0.439 e. The van der Waals surface area contributed by atoms with Crippen LogP contribution in [0.4, 0.5) is 0 Å². The Hall–Kier alpha value is -3.12. The van der Waals surface area contributed by atoms with E-state index in [1.165, 1.54) is 0 Å². The summed E-state index contributed by atoms with van der Waals surface area (Å²) in [5.74, 6) is 1.76. The molecule has 1 atom stereocenters. The monoisotopic (exact) mass is 459 g/mol. The van der Waals surface area contributed by atoms with Crippen molar-refractivity contribution in [1.29, 1.82) is 0 Å². The van der Waals surface area contributed by atoms with Crippen LogP contribution >= 0.6 is 0 Å². The topological polar surface area (TPSA) is 56.6 Å². The van der Waals surface area contributed by atoms with Crippen LogP contribution in [0.15, 0.2) is 60.7 Å². The predicted octanol–water partition coefficient (Wildman–Crippen LogP) is 5.58. The Bertz CT molecular complexity index is 1080. The maximum atomic E-state index is 13.7. The fourth-order valence-electron chi connectivity index (χ4n) is 5.14. The molecule has 1 aliphatic heterocycles. The summed E-state index contributed by atoms with van der Waals surface area (Å²) in [6, 6.07) is 19.9. The van der Waals surface area contributed by atoms with Gasteiger partial charge in [0.25, 0.3) is 0 Å². The highest BCUT2D eigenvalue weighted by Crippen LogP contribution is 2.35. The molecule has 2 aliphatic rings. The molecule has 1 saturated heterocycles. The molecule has 1 unspecified atom stereocenters. The molecule has 3 aromatic rings. The second-order valence-corrected chi connectivity index (χ2v) is 9.37. The lowest BCUT2D eigenvalue weighted by atomic mass is 10.0. The molecule has 0 radical (unpaired) electrons. The lowest BCUT2D eigenvalue weighted by Crippen LogP contribution is -2.40. The van der Waals surface area contributed by atoms with Gasteiger partial charge in [-0.2, -0.15) is 5.10 Å². The summed E-state index contributed by atoms with van der Waals surface area (Å²) in [4.78, 5) is 15.7. The van der Waals surface area contributed by atoms with Crippen LogP contribution in [0, 0.1) is 5.92 Å². The van der Waals surface area contributed by atoms with E-state index >= 15 is 0 Å². The van der Waals surface area contributed by atoms with E-state index in [2.05, 4.69) is 12.1 Å². The maximum absolute atomic E-state index is 13.7. The molecule has 178 valence electrons. The second-order valence-electron chi connectivity index (χ2n) is 9.37. The highest BCUT2D eigenvalue weighted by atomic mass is 16.5. The van der Waals surface area contributed by atoms with E-state index in [4.69, 9.17) is 14.6 Å². The van der Waals surface area contributed by atoms with E-state index in [0.717, 1.165) is 67.7 Å². The lowest BCUT2D eigenvalue weighted by Gasteiger charge is -2.28. The van der Waals surface area contributed by atoms with Crippen LogP contribution in [-0.4, -0.2) is 39.8 Å². The molecule has 1 saturated carbocycles. The zero-order valence-electron chi connectivity index (χ0n) is 19.9. The second kappa shape index (κ2) is 10.4. The van der Waals surface area contributed by atoms with Gasteiger partial charge in [-0.3, -0.25) is 4.79 Å². The number of carbonyl (C=O) groups is 1. The third-order valence-electron chi connectivity index (χ3n) is 6.91. The number of nitrogens with zero attached hydrogens (tertiary/aromatic N) is 3. The number of carbonyl (C=O) groups excluding carboxylic acids is 1. The largest absolute Gasteiger partial charge is 0.439 e. The highest BCUT2D eigenvalue weighted by molar-refractivity contribution is 5.79. The lowest BCUT2D eigenvalue weighted by molar-refractivity contribution is -0.137. The first-order valence-electron chi connectivity index (χ1n) is 12.4. The van der Waals surface area contributed by atoms with Gasteiger partial charge in [0.05, 0.1) is 18.2 Å². The summed E-state index contributed by atoms with van der Waals surface area (Å²) in [6.45, 7) is 1.85. The van der Waals surface area contributed by atoms with Gasteiger partial charge >= 0.3 is 0 Å². The zero-order chi connectivity index (χ0) is 23.3. The van der Waals surface area contributed by atoms with Crippen LogP contribution in [-0.2, 0) is 23.1 Å². The van der Waals surface area contributed by atoms with Gasteiger partial charge in [0.15, 0.2) is 0 Å². The van der Waals surface area contributed by atoms with E-state index in [1.807, 2.05) is 60.5 Å². The van der Waals surface area contributed by atoms with Gasteiger partial charge in [0.2, 0.25) is 11.8 Å². The molecule has 6 nitrogen and oxygen atoms in total. The minimum absolute atomic E-state index is 0.0979. The quantitative estimate of drug-likeness (QED) is 0.441. The Labute approximate surface area is 201 Å². The van der Waals surface area contributed by atoms with Crippen molar-refractivity contribution >= 4 is 5.91 Å². The van der Waals surface area contributed by atoms with Crippen molar-refractivity contribution in [1.82, 2.24) is 14.7 Å². The van der Waals surface area contributed by atoms with Crippen molar-refractivity contribution in [3.63, 3.8) is 0 Å². The molecule has 2 heterocycles. The van der Waals surface area contributed by atoms with Crippen LogP contribution in [0.1, 0.15) is 44.1 Å². The van der Waals surface area contributed by atoms with Gasteiger partial charge in [-0.05, 0) is 37.8 Å². The number of ether oxygens (including phenoxy) is 2. The van der Waals surface area contributed by atoms with Crippen molar-refractivity contribution in [2.75, 3.05) is 13.2 Å². The number of benzene rings is 2. The highest BCUT2D eigenvalue weighted by Gasteiger charge is 2.32. The zero-order valence-corrected chi connectivity index (χ0v) is 19.9. The minimum atomic E-state index is 0.0979. The molecule has 1 aliphatic carbocycles. The van der Waals surface area contributed by atoms with E-state index in [0.29, 0.717) is 19.0 Å². The van der Waals surface area contributed by atoms with Gasteiger partial charge in [-0.25, -0.2) is 4.68 Å². The average Bonchev–Trinajstić information content (AvgIpc) is 3.64. The summed E-state index contributed by atoms with van der Waals surface area (Å²) in [5.41, 5.74) is 2.80. The summed E-state index contributed by atoms with van der Waals surface area (Å²) >= 11 is 0. The van der Waals surface area contributed by atoms with E-state index in [1.54, 1.807) is 4.68 Å². The summed E-state index contributed by atoms with van der Waals surface area (Å²) in [7, 11) is 1.90. The number of rotatable bonds is 8. The molecule has 6 heteroatoms. The number of aromatic nitrogens is 2. The molecule has 5 rings (SSSR count). The smallest absolute Gasteiger partial charge is 0.226 e. The standard InChI is InChI=1S/C28H33N3O3/c1-30-28(34-23-15-6-3-7-16-23)25(26(29-30)21-11-4-2-5-12-21)20-31(19-24-17-10-18-33-24)27(32)22-13-8-9-14-22/h2-7,11-12,15-16,22,24H,8-10,13-14,17-20H2,1H3. The number of amides is 1. The Morgan fingerprint density at radius 3 is 2.41 bits per heavy atom. The van der Waals surface area contributed by atoms with E-state index in [9.17, 15) is 4.79 Å². The first-order chi connectivity index (χ1) is 16.7. The fraction of sp³-hybridized carbons (Fsp3) is 0.429. The molecule has 1 amide bonds. The summed E-state index contributed by atoms with van der Waals surface area (Å²) in [6.07, 6.45) is 6.38. The van der Waals surface area contributed by atoms with Crippen molar-refractivity contribution in [2.45, 2.75) is 51.2 Å². The van der Waals surface area contributed by atoms with Crippen molar-refractivity contribution in [3.05, 3.63) is 66.2 Å². The SMILES string of the molecule is Cn1nc(-c2ccccc2)c(CN(CC2CCCO2)C(=O)C2CCCC2)c1Oc1ccccc1. The number of aryl methyl sites for hydroxylation is 1. The van der Waals surface area contributed by atoms with Gasteiger partial charge < -0.3 is 14.4 Å². The van der Waals surface area contributed by atoms with Crippen LogP contribution in [0.3, 0.4) is 0 Å². The molecule has 0 spiro atoms. The molecule has 0 bridgehead atoms.